The van der Waals surface area contributed by atoms with Gasteiger partial charge in [-0.3, -0.25) is 9.89 Å². The van der Waals surface area contributed by atoms with Crippen LogP contribution in [0.25, 0.3) is 0 Å². The Bertz CT molecular complexity index is 281. The Morgan fingerprint density at radius 3 is 3.08 bits per heavy atom. The first-order chi connectivity index (χ1) is 6.24. The van der Waals surface area contributed by atoms with Gasteiger partial charge in [0.1, 0.15) is 11.5 Å². The number of nitrogens with zero attached hydrogens (tertiary/aromatic N) is 1. The van der Waals surface area contributed by atoms with E-state index in [-0.39, 0.29) is 5.91 Å². The molecular weight excluding hydrogens is 168 g/mol. The molecule has 0 spiro atoms. The van der Waals surface area contributed by atoms with Gasteiger partial charge < -0.3 is 11.1 Å². The van der Waals surface area contributed by atoms with E-state index in [1.54, 1.807) is 0 Å². The van der Waals surface area contributed by atoms with Crippen molar-refractivity contribution in [3.63, 3.8) is 0 Å². The van der Waals surface area contributed by atoms with Crippen LogP contribution in [0, 0.1) is 0 Å². The minimum atomic E-state index is -0.155. The second-order valence-corrected chi connectivity index (χ2v) is 2.82. The molecule has 72 valence electrons. The summed E-state index contributed by atoms with van der Waals surface area (Å²) in [5.74, 6) is 0.179. The number of rotatable bonds is 4. The van der Waals surface area contributed by atoms with Crippen LogP contribution < -0.4 is 11.1 Å². The van der Waals surface area contributed by atoms with E-state index in [1.807, 2.05) is 0 Å². The van der Waals surface area contributed by atoms with E-state index in [1.165, 1.54) is 6.07 Å². The molecule has 0 bridgehead atoms. The average molecular weight is 182 g/mol. The number of H-pyrrole nitrogens is 1. The van der Waals surface area contributed by atoms with Crippen LogP contribution >= 0.6 is 0 Å². The maximum atomic E-state index is 11.3. The molecule has 0 atom stereocenters. The van der Waals surface area contributed by atoms with E-state index in [0.717, 1.165) is 12.8 Å². The summed E-state index contributed by atoms with van der Waals surface area (Å²) in [5.41, 5.74) is 5.76. The van der Waals surface area contributed by atoms with Crippen molar-refractivity contribution >= 4 is 11.7 Å². The van der Waals surface area contributed by atoms with Gasteiger partial charge in [0, 0.05) is 12.6 Å². The highest BCUT2D eigenvalue weighted by Crippen LogP contribution is 1.99. The number of hydrogen-bond acceptors (Lipinski definition) is 3. The summed E-state index contributed by atoms with van der Waals surface area (Å²) in [7, 11) is 0. The van der Waals surface area contributed by atoms with Gasteiger partial charge in [0.15, 0.2) is 0 Å². The Hall–Kier alpha value is -1.52. The fourth-order valence-electron chi connectivity index (χ4n) is 0.927. The van der Waals surface area contributed by atoms with E-state index in [4.69, 9.17) is 5.73 Å². The molecular formula is C8H14N4O. The Labute approximate surface area is 76.7 Å². The molecule has 0 aliphatic rings. The molecule has 1 heterocycles. The lowest BCUT2D eigenvalue weighted by Gasteiger charge is -2.00. The number of unbranched alkanes of at least 4 members (excludes halogenated alkanes) is 1. The van der Waals surface area contributed by atoms with Gasteiger partial charge in [-0.15, -0.1) is 0 Å². The zero-order valence-electron chi connectivity index (χ0n) is 7.63. The smallest absolute Gasteiger partial charge is 0.269 e. The number of carbonyl (C=O) groups excluding carboxylic acids is 1. The Balaban J connectivity index is 2.40. The van der Waals surface area contributed by atoms with Crippen LogP contribution in [0.3, 0.4) is 0 Å². The van der Waals surface area contributed by atoms with Crippen LogP contribution in [-0.2, 0) is 0 Å². The van der Waals surface area contributed by atoms with Crippen LogP contribution in [0.4, 0.5) is 5.82 Å². The molecule has 0 aliphatic heterocycles. The van der Waals surface area contributed by atoms with E-state index in [9.17, 15) is 4.79 Å². The molecule has 0 fully saturated rings. The summed E-state index contributed by atoms with van der Waals surface area (Å²) in [4.78, 5) is 11.3. The first kappa shape index (κ1) is 9.57. The molecule has 5 nitrogen and oxygen atoms in total. The quantitative estimate of drug-likeness (QED) is 0.593. The summed E-state index contributed by atoms with van der Waals surface area (Å²) < 4.78 is 0. The topological polar surface area (TPSA) is 83.8 Å². The maximum Gasteiger partial charge on any atom is 0.269 e. The van der Waals surface area contributed by atoms with Crippen molar-refractivity contribution in [3.8, 4) is 0 Å². The van der Waals surface area contributed by atoms with Crippen LogP contribution in [0.15, 0.2) is 6.07 Å². The predicted octanol–water partition coefficient (Wildman–Crippen LogP) is 0.522. The minimum Gasteiger partial charge on any atom is -0.382 e. The van der Waals surface area contributed by atoms with Gasteiger partial charge in [-0.25, -0.2) is 0 Å². The number of aromatic amines is 1. The molecule has 0 aliphatic carbocycles. The van der Waals surface area contributed by atoms with Gasteiger partial charge in [-0.2, -0.15) is 5.10 Å². The number of aromatic nitrogens is 2. The van der Waals surface area contributed by atoms with Crippen molar-refractivity contribution in [2.75, 3.05) is 12.3 Å². The monoisotopic (exact) mass is 182 g/mol. The number of nitrogens with two attached hydrogens (primary N) is 1. The van der Waals surface area contributed by atoms with Gasteiger partial charge in [0.05, 0.1) is 0 Å². The van der Waals surface area contributed by atoms with Crippen LogP contribution in [-0.4, -0.2) is 22.6 Å². The standard InChI is InChI=1S/C8H14N4O/c1-2-3-4-10-8(13)6-5-7(9)12-11-6/h5H,2-4H2,1H3,(H,10,13)(H3,9,11,12). The van der Waals surface area contributed by atoms with E-state index in [0.29, 0.717) is 18.1 Å². The van der Waals surface area contributed by atoms with Crippen molar-refractivity contribution in [2.24, 2.45) is 0 Å². The number of hydrogen-bond donors (Lipinski definition) is 3. The summed E-state index contributed by atoms with van der Waals surface area (Å²) in [6, 6.07) is 1.52. The summed E-state index contributed by atoms with van der Waals surface area (Å²) >= 11 is 0. The molecule has 0 aromatic carbocycles. The third kappa shape index (κ3) is 2.77. The Morgan fingerprint density at radius 2 is 2.54 bits per heavy atom. The lowest BCUT2D eigenvalue weighted by Crippen LogP contribution is -2.24. The van der Waals surface area contributed by atoms with E-state index in [2.05, 4.69) is 22.4 Å². The first-order valence-electron chi connectivity index (χ1n) is 4.33. The fraction of sp³-hybridized carbons (Fsp3) is 0.500. The second kappa shape index (κ2) is 4.49. The molecule has 1 amide bonds. The highest BCUT2D eigenvalue weighted by Gasteiger charge is 2.06. The van der Waals surface area contributed by atoms with Gasteiger partial charge in [-0.05, 0) is 6.42 Å². The number of anilines is 1. The summed E-state index contributed by atoms with van der Waals surface area (Å²) in [6.45, 7) is 2.76. The van der Waals surface area contributed by atoms with E-state index >= 15 is 0 Å². The largest absolute Gasteiger partial charge is 0.382 e. The molecule has 1 rings (SSSR count). The highest BCUT2D eigenvalue weighted by molar-refractivity contribution is 5.92. The van der Waals surface area contributed by atoms with Crippen molar-refractivity contribution in [2.45, 2.75) is 19.8 Å². The lowest BCUT2D eigenvalue weighted by atomic mass is 10.3. The molecule has 0 unspecified atom stereocenters. The molecule has 4 N–H and O–H groups in total. The molecule has 0 saturated carbocycles. The molecule has 13 heavy (non-hydrogen) atoms. The number of amides is 1. The zero-order chi connectivity index (χ0) is 9.68. The first-order valence-corrected chi connectivity index (χ1v) is 4.33. The van der Waals surface area contributed by atoms with Crippen molar-refractivity contribution < 1.29 is 4.79 Å². The summed E-state index contributed by atoms with van der Waals surface area (Å²) in [6.07, 6.45) is 2.04. The fourth-order valence-corrected chi connectivity index (χ4v) is 0.927. The van der Waals surface area contributed by atoms with Crippen LogP contribution in [0.5, 0.6) is 0 Å². The van der Waals surface area contributed by atoms with Crippen LogP contribution in [0.1, 0.15) is 30.3 Å². The molecule has 0 saturated heterocycles. The third-order valence-electron chi connectivity index (χ3n) is 1.66. The van der Waals surface area contributed by atoms with Gasteiger partial charge in [-0.1, -0.05) is 13.3 Å². The van der Waals surface area contributed by atoms with Gasteiger partial charge >= 0.3 is 0 Å². The van der Waals surface area contributed by atoms with Crippen molar-refractivity contribution in [1.29, 1.82) is 0 Å². The zero-order valence-corrected chi connectivity index (χ0v) is 7.63. The Kier molecular flexibility index (Phi) is 3.31. The van der Waals surface area contributed by atoms with E-state index < -0.39 is 0 Å². The van der Waals surface area contributed by atoms with Crippen LogP contribution in [0.2, 0.25) is 0 Å². The minimum absolute atomic E-state index is 0.155. The van der Waals surface area contributed by atoms with Gasteiger partial charge in [0.25, 0.3) is 5.91 Å². The maximum absolute atomic E-state index is 11.3. The number of nitrogen functional groups attached to an aromatic ring is 1. The molecule has 1 aromatic heterocycles. The highest BCUT2D eigenvalue weighted by atomic mass is 16.1. The SMILES string of the molecule is CCCCNC(=O)c1cc(N)n[nH]1. The number of carbonyl (C=O) groups is 1. The predicted molar refractivity (Wildman–Crippen MR) is 50.2 cm³/mol. The average Bonchev–Trinajstić information content (AvgIpc) is 2.52. The number of nitrogens with one attached hydrogen (secondary N) is 2. The third-order valence-corrected chi connectivity index (χ3v) is 1.66. The second-order valence-electron chi connectivity index (χ2n) is 2.82. The normalized spacial score (nSPS) is 9.92. The molecule has 0 radical (unpaired) electrons. The summed E-state index contributed by atoms with van der Waals surface area (Å²) in [5, 5.41) is 8.95. The van der Waals surface area contributed by atoms with Gasteiger partial charge in [0.2, 0.25) is 0 Å². The molecule has 5 heteroatoms. The van der Waals surface area contributed by atoms with Crippen molar-refractivity contribution in [1.82, 2.24) is 15.5 Å². The lowest BCUT2D eigenvalue weighted by molar-refractivity contribution is 0.0948. The van der Waals surface area contributed by atoms with Crippen molar-refractivity contribution in [3.05, 3.63) is 11.8 Å². The Morgan fingerprint density at radius 1 is 1.77 bits per heavy atom. The molecule has 1 aromatic rings.